The molecule has 92 valence electrons. The molecule has 3 heterocycles. The molecule has 0 atom stereocenters. The van der Waals surface area contributed by atoms with Crippen molar-refractivity contribution < 1.29 is 0 Å². The van der Waals surface area contributed by atoms with Crippen LogP contribution in [0, 0.1) is 6.92 Å². The van der Waals surface area contributed by atoms with Crippen LogP contribution in [-0.2, 0) is 6.42 Å². The van der Waals surface area contributed by atoms with Crippen LogP contribution in [0.15, 0.2) is 30.6 Å². The third kappa shape index (κ3) is 1.84. The van der Waals surface area contributed by atoms with Crippen molar-refractivity contribution in [3.63, 3.8) is 0 Å². The SMILES string of the molecule is Cc1cccnc1-c1cc2c(cn1)N(N)CCC2. The van der Waals surface area contributed by atoms with Crippen molar-refractivity contribution in [2.45, 2.75) is 19.8 Å². The predicted octanol–water partition coefficient (Wildman–Crippen LogP) is 2.08. The van der Waals surface area contributed by atoms with Crippen molar-refractivity contribution in [3.8, 4) is 11.4 Å². The normalized spacial score (nSPS) is 14.4. The fraction of sp³-hybridized carbons (Fsp3) is 0.286. The first-order valence-electron chi connectivity index (χ1n) is 6.19. The lowest BCUT2D eigenvalue weighted by Crippen LogP contribution is -2.35. The number of aromatic nitrogens is 2. The number of hydrogen-bond acceptors (Lipinski definition) is 4. The van der Waals surface area contributed by atoms with E-state index in [0.717, 1.165) is 42.0 Å². The molecule has 2 aromatic heterocycles. The molecule has 3 rings (SSSR count). The predicted molar refractivity (Wildman–Crippen MR) is 72.1 cm³/mol. The monoisotopic (exact) mass is 240 g/mol. The Balaban J connectivity index is 2.08. The number of hydrogen-bond donors (Lipinski definition) is 1. The highest BCUT2D eigenvalue weighted by Crippen LogP contribution is 2.28. The molecule has 0 saturated carbocycles. The smallest absolute Gasteiger partial charge is 0.0915 e. The van der Waals surface area contributed by atoms with Gasteiger partial charge in [-0.25, -0.2) is 5.84 Å². The van der Waals surface area contributed by atoms with E-state index in [2.05, 4.69) is 29.0 Å². The van der Waals surface area contributed by atoms with Gasteiger partial charge in [0.05, 0.1) is 23.3 Å². The molecule has 1 aliphatic rings. The zero-order valence-electron chi connectivity index (χ0n) is 10.4. The fourth-order valence-electron chi connectivity index (χ4n) is 2.39. The molecule has 0 radical (unpaired) electrons. The number of fused-ring (bicyclic) bond motifs is 1. The third-order valence-electron chi connectivity index (χ3n) is 3.37. The number of nitrogens with two attached hydrogens (primary N) is 1. The summed E-state index contributed by atoms with van der Waals surface area (Å²) < 4.78 is 0. The largest absolute Gasteiger partial charge is 0.309 e. The molecule has 0 fully saturated rings. The van der Waals surface area contributed by atoms with Crippen molar-refractivity contribution in [1.82, 2.24) is 9.97 Å². The molecule has 1 aliphatic heterocycles. The van der Waals surface area contributed by atoms with Gasteiger partial charge in [0.15, 0.2) is 0 Å². The van der Waals surface area contributed by atoms with Crippen LogP contribution in [-0.4, -0.2) is 16.5 Å². The zero-order valence-corrected chi connectivity index (χ0v) is 10.4. The molecular formula is C14H16N4. The summed E-state index contributed by atoms with van der Waals surface area (Å²) in [6.45, 7) is 2.95. The van der Waals surface area contributed by atoms with E-state index in [9.17, 15) is 0 Å². The molecule has 0 unspecified atom stereocenters. The van der Waals surface area contributed by atoms with Crippen molar-refractivity contribution in [1.29, 1.82) is 0 Å². The molecule has 2 aromatic rings. The zero-order chi connectivity index (χ0) is 12.5. The van der Waals surface area contributed by atoms with Gasteiger partial charge in [-0.1, -0.05) is 6.07 Å². The summed E-state index contributed by atoms with van der Waals surface area (Å²) in [4.78, 5) is 8.90. The van der Waals surface area contributed by atoms with Crippen LogP contribution in [0.3, 0.4) is 0 Å². The van der Waals surface area contributed by atoms with E-state index >= 15 is 0 Å². The number of rotatable bonds is 1. The summed E-state index contributed by atoms with van der Waals surface area (Å²) in [6, 6.07) is 6.11. The highest BCUT2D eigenvalue weighted by Gasteiger charge is 2.16. The number of anilines is 1. The molecule has 0 amide bonds. The maximum absolute atomic E-state index is 5.94. The van der Waals surface area contributed by atoms with Crippen molar-refractivity contribution >= 4 is 5.69 Å². The lowest BCUT2D eigenvalue weighted by atomic mass is 10.0. The van der Waals surface area contributed by atoms with Crippen LogP contribution in [0.5, 0.6) is 0 Å². The summed E-state index contributed by atoms with van der Waals surface area (Å²) in [5.41, 5.74) is 5.33. The molecule has 0 saturated heterocycles. The maximum atomic E-state index is 5.94. The van der Waals surface area contributed by atoms with Crippen LogP contribution >= 0.6 is 0 Å². The maximum Gasteiger partial charge on any atom is 0.0915 e. The van der Waals surface area contributed by atoms with Crippen LogP contribution in [0.25, 0.3) is 11.4 Å². The van der Waals surface area contributed by atoms with Crippen LogP contribution in [0.2, 0.25) is 0 Å². The second-order valence-electron chi connectivity index (χ2n) is 4.66. The first-order chi connectivity index (χ1) is 8.75. The minimum Gasteiger partial charge on any atom is -0.309 e. The van der Waals surface area contributed by atoms with E-state index in [0.29, 0.717) is 0 Å². The van der Waals surface area contributed by atoms with E-state index in [1.54, 1.807) is 11.2 Å². The topological polar surface area (TPSA) is 55.0 Å². The second-order valence-corrected chi connectivity index (χ2v) is 4.66. The van der Waals surface area contributed by atoms with Crippen molar-refractivity contribution in [2.24, 2.45) is 5.84 Å². The van der Waals surface area contributed by atoms with Gasteiger partial charge < -0.3 is 5.01 Å². The molecule has 2 N–H and O–H groups in total. The standard InChI is InChI=1S/C14H16N4/c1-10-4-2-6-16-14(10)12-8-11-5-3-7-18(15)13(11)9-17-12/h2,4,6,8-9H,3,5,7,15H2,1H3. The Hall–Kier alpha value is -1.94. The molecule has 0 bridgehead atoms. The van der Waals surface area contributed by atoms with Gasteiger partial charge in [-0.2, -0.15) is 0 Å². The highest BCUT2D eigenvalue weighted by atomic mass is 15.4. The summed E-state index contributed by atoms with van der Waals surface area (Å²) >= 11 is 0. The average Bonchev–Trinajstić information content (AvgIpc) is 2.39. The molecule has 4 heteroatoms. The Bertz CT molecular complexity index is 580. The minimum absolute atomic E-state index is 0.899. The average molecular weight is 240 g/mol. The first kappa shape index (κ1) is 11.2. The van der Waals surface area contributed by atoms with E-state index in [-0.39, 0.29) is 0 Å². The lowest BCUT2D eigenvalue weighted by Gasteiger charge is -2.26. The first-order valence-corrected chi connectivity index (χ1v) is 6.19. The van der Waals surface area contributed by atoms with E-state index in [1.165, 1.54) is 5.56 Å². The summed E-state index contributed by atoms with van der Waals surface area (Å²) in [7, 11) is 0. The Morgan fingerprint density at radius 2 is 2.22 bits per heavy atom. The van der Waals surface area contributed by atoms with E-state index in [1.807, 2.05) is 12.3 Å². The van der Waals surface area contributed by atoms with Gasteiger partial charge >= 0.3 is 0 Å². The van der Waals surface area contributed by atoms with Gasteiger partial charge in [0.25, 0.3) is 0 Å². The quantitative estimate of drug-likeness (QED) is 0.775. The molecule has 0 spiro atoms. The van der Waals surface area contributed by atoms with E-state index < -0.39 is 0 Å². The Kier molecular flexibility index (Phi) is 2.72. The Morgan fingerprint density at radius 3 is 3.06 bits per heavy atom. The van der Waals surface area contributed by atoms with Gasteiger partial charge in [-0.15, -0.1) is 0 Å². The van der Waals surface area contributed by atoms with Crippen molar-refractivity contribution in [3.05, 3.63) is 41.7 Å². The highest BCUT2D eigenvalue weighted by molar-refractivity contribution is 5.64. The molecular weight excluding hydrogens is 224 g/mol. The number of aryl methyl sites for hydroxylation is 2. The van der Waals surface area contributed by atoms with E-state index in [4.69, 9.17) is 5.84 Å². The van der Waals surface area contributed by atoms with Crippen LogP contribution in [0.4, 0.5) is 5.69 Å². The Morgan fingerprint density at radius 1 is 1.33 bits per heavy atom. The van der Waals surface area contributed by atoms with Gasteiger partial charge in [-0.3, -0.25) is 9.97 Å². The molecule has 0 aliphatic carbocycles. The third-order valence-corrected chi connectivity index (χ3v) is 3.37. The second kappa shape index (κ2) is 4.38. The Labute approximate surface area is 106 Å². The lowest BCUT2D eigenvalue weighted by molar-refractivity contribution is 0.711. The van der Waals surface area contributed by atoms with Gasteiger partial charge in [0, 0.05) is 12.7 Å². The molecule has 0 aromatic carbocycles. The van der Waals surface area contributed by atoms with Gasteiger partial charge in [0.2, 0.25) is 0 Å². The van der Waals surface area contributed by atoms with Crippen molar-refractivity contribution in [2.75, 3.05) is 11.6 Å². The number of pyridine rings is 2. The summed E-state index contributed by atoms with van der Waals surface area (Å²) in [5.74, 6) is 5.94. The fourth-order valence-corrected chi connectivity index (χ4v) is 2.39. The van der Waals surface area contributed by atoms with Crippen LogP contribution < -0.4 is 10.9 Å². The molecule has 18 heavy (non-hydrogen) atoms. The summed E-state index contributed by atoms with van der Waals surface area (Å²) in [6.07, 6.45) is 5.81. The summed E-state index contributed by atoms with van der Waals surface area (Å²) in [5, 5.41) is 1.78. The molecule has 4 nitrogen and oxygen atoms in total. The number of nitrogens with zero attached hydrogens (tertiary/aromatic N) is 3. The van der Waals surface area contributed by atoms with Gasteiger partial charge in [-0.05, 0) is 43.0 Å². The number of hydrazine groups is 1. The minimum atomic E-state index is 0.899. The van der Waals surface area contributed by atoms with Crippen LogP contribution in [0.1, 0.15) is 17.5 Å². The van der Waals surface area contributed by atoms with Gasteiger partial charge in [0.1, 0.15) is 0 Å².